The van der Waals surface area contributed by atoms with E-state index in [1.807, 2.05) is 24.3 Å². The summed E-state index contributed by atoms with van der Waals surface area (Å²) in [5, 5.41) is 3.46. The molecule has 2 rings (SSSR count). The van der Waals surface area contributed by atoms with E-state index in [0.29, 0.717) is 22.2 Å². The van der Waals surface area contributed by atoms with Gasteiger partial charge in [-0.25, -0.2) is 0 Å². The van der Waals surface area contributed by atoms with Gasteiger partial charge in [0.05, 0.1) is 22.7 Å². The van der Waals surface area contributed by atoms with Gasteiger partial charge in [0.25, 0.3) is 5.91 Å². The molecule has 1 N–H and O–H groups in total. The molecule has 0 saturated heterocycles. The highest BCUT2D eigenvalue weighted by Crippen LogP contribution is 2.24. The highest BCUT2D eigenvalue weighted by atomic mass is 35.5. The molecule has 104 valence electrons. The first-order valence-electron chi connectivity index (χ1n) is 5.97. The number of rotatable bonds is 4. The fourth-order valence-corrected chi connectivity index (χ4v) is 2.30. The molecule has 5 heteroatoms. The highest BCUT2D eigenvalue weighted by Gasteiger charge is 2.13. The quantitative estimate of drug-likeness (QED) is 0.929. The second kappa shape index (κ2) is 6.64. The lowest BCUT2D eigenvalue weighted by Gasteiger charge is -2.09. The maximum atomic E-state index is 12.1. The molecule has 0 atom stereocenters. The van der Waals surface area contributed by atoms with Crippen molar-refractivity contribution >= 4 is 29.1 Å². The van der Waals surface area contributed by atoms with Gasteiger partial charge in [0, 0.05) is 6.54 Å². The van der Waals surface area contributed by atoms with Crippen LogP contribution in [0.5, 0.6) is 5.75 Å². The average molecular weight is 310 g/mol. The normalized spacial score (nSPS) is 10.2. The number of carbonyl (C=O) groups is 1. The van der Waals surface area contributed by atoms with E-state index >= 15 is 0 Å². The minimum absolute atomic E-state index is 0.295. The van der Waals surface area contributed by atoms with Crippen LogP contribution in [-0.2, 0) is 6.54 Å². The maximum Gasteiger partial charge on any atom is 0.254 e. The zero-order valence-corrected chi connectivity index (χ0v) is 12.3. The van der Waals surface area contributed by atoms with E-state index < -0.39 is 0 Å². The summed E-state index contributed by atoms with van der Waals surface area (Å²) >= 11 is 12.0. The second-order valence-corrected chi connectivity index (χ2v) is 4.94. The fraction of sp³-hybridized carbons (Fsp3) is 0.133. The van der Waals surface area contributed by atoms with Crippen molar-refractivity contribution in [2.75, 3.05) is 7.11 Å². The molecule has 0 aliphatic heterocycles. The Morgan fingerprint density at radius 3 is 2.25 bits per heavy atom. The first kappa shape index (κ1) is 14.7. The van der Waals surface area contributed by atoms with Gasteiger partial charge < -0.3 is 10.1 Å². The molecule has 0 unspecified atom stereocenters. The molecule has 0 saturated carbocycles. The van der Waals surface area contributed by atoms with Crippen molar-refractivity contribution in [1.82, 2.24) is 5.32 Å². The van der Waals surface area contributed by atoms with Crippen molar-refractivity contribution in [3.63, 3.8) is 0 Å². The molecule has 3 nitrogen and oxygen atoms in total. The number of ether oxygens (including phenoxy) is 1. The molecule has 0 spiro atoms. The van der Waals surface area contributed by atoms with Crippen LogP contribution in [0.2, 0.25) is 10.0 Å². The van der Waals surface area contributed by atoms with E-state index in [1.54, 1.807) is 25.3 Å². The minimum Gasteiger partial charge on any atom is -0.497 e. The number of amides is 1. The topological polar surface area (TPSA) is 38.3 Å². The summed E-state index contributed by atoms with van der Waals surface area (Å²) in [7, 11) is 1.61. The van der Waals surface area contributed by atoms with E-state index in [-0.39, 0.29) is 5.91 Å². The minimum atomic E-state index is -0.295. The van der Waals surface area contributed by atoms with E-state index in [0.717, 1.165) is 11.3 Å². The van der Waals surface area contributed by atoms with E-state index in [4.69, 9.17) is 27.9 Å². The number of methoxy groups -OCH3 is 1. The van der Waals surface area contributed by atoms with Crippen LogP contribution in [0.1, 0.15) is 15.9 Å². The summed E-state index contributed by atoms with van der Waals surface area (Å²) in [5.41, 5.74) is 1.26. The lowest BCUT2D eigenvalue weighted by molar-refractivity contribution is 0.0951. The maximum absolute atomic E-state index is 12.1. The standard InChI is InChI=1S/C15H13Cl2NO2/c1-20-11-7-5-10(6-8-11)9-18-15(19)14-12(16)3-2-4-13(14)17/h2-8H,9H2,1H3,(H,18,19). The third-order valence-corrected chi connectivity index (χ3v) is 3.43. The second-order valence-electron chi connectivity index (χ2n) is 4.13. The van der Waals surface area contributed by atoms with Crippen LogP contribution in [0.15, 0.2) is 42.5 Å². The van der Waals surface area contributed by atoms with Crippen LogP contribution in [0.25, 0.3) is 0 Å². The van der Waals surface area contributed by atoms with Gasteiger partial charge in [-0.05, 0) is 29.8 Å². The third-order valence-electron chi connectivity index (χ3n) is 2.80. The molecule has 1 amide bonds. The van der Waals surface area contributed by atoms with Crippen molar-refractivity contribution in [3.8, 4) is 5.75 Å². The summed E-state index contributed by atoms with van der Waals surface area (Å²) in [4.78, 5) is 12.1. The SMILES string of the molecule is COc1ccc(CNC(=O)c2c(Cl)cccc2Cl)cc1. The van der Waals surface area contributed by atoms with Gasteiger partial charge in [-0.1, -0.05) is 41.4 Å². The van der Waals surface area contributed by atoms with Gasteiger partial charge in [0.1, 0.15) is 5.75 Å². The number of nitrogens with one attached hydrogen (secondary N) is 1. The third kappa shape index (κ3) is 3.44. The Morgan fingerprint density at radius 1 is 1.10 bits per heavy atom. The summed E-state index contributed by atoms with van der Waals surface area (Å²) in [6.45, 7) is 0.393. The number of hydrogen-bond acceptors (Lipinski definition) is 2. The van der Waals surface area contributed by atoms with Gasteiger partial charge in [-0.3, -0.25) is 4.79 Å². The highest BCUT2D eigenvalue weighted by molar-refractivity contribution is 6.39. The van der Waals surface area contributed by atoms with Gasteiger partial charge in [0.15, 0.2) is 0 Å². The Labute approximate surface area is 127 Å². The molecule has 0 bridgehead atoms. The van der Waals surface area contributed by atoms with Crippen LogP contribution < -0.4 is 10.1 Å². The molecule has 2 aromatic rings. The number of benzene rings is 2. The lowest BCUT2D eigenvalue weighted by atomic mass is 10.2. The van der Waals surface area contributed by atoms with Gasteiger partial charge >= 0.3 is 0 Å². The molecule has 2 aromatic carbocycles. The Bertz CT molecular complexity index is 592. The van der Waals surface area contributed by atoms with Crippen LogP contribution >= 0.6 is 23.2 Å². The van der Waals surface area contributed by atoms with Crippen molar-refractivity contribution in [1.29, 1.82) is 0 Å². The number of hydrogen-bond donors (Lipinski definition) is 1. The molecular weight excluding hydrogens is 297 g/mol. The summed E-state index contributed by atoms with van der Waals surface area (Å²) in [6.07, 6.45) is 0. The molecule has 0 aliphatic carbocycles. The Hall–Kier alpha value is -1.71. The Balaban J connectivity index is 2.05. The predicted octanol–water partition coefficient (Wildman–Crippen LogP) is 3.93. The summed E-state index contributed by atoms with van der Waals surface area (Å²) < 4.78 is 5.07. The van der Waals surface area contributed by atoms with Crippen LogP contribution in [-0.4, -0.2) is 13.0 Å². The first-order chi connectivity index (χ1) is 9.61. The largest absolute Gasteiger partial charge is 0.497 e. The predicted molar refractivity (Wildman–Crippen MR) is 80.6 cm³/mol. The van der Waals surface area contributed by atoms with Crippen LogP contribution in [0.3, 0.4) is 0 Å². The number of halogens is 2. The number of carbonyl (C=O) groups excluding carboxylic acids is 1. The van der Waals surface area contributed by atoms with Crippen LogP contribution in [0.4, 0.5) is 0 Å². The summed E-state index contributed by atoms with van der Waals surface area (Å²) in [6, 6.07) is 12.4. The van der Waals surface area contributed by atoms with Gasteiger partial charge in [-0.2, -0.15) is 0 Å². The molecule has 0 fully saturated rings. The molecule has 20 heavy (non-hydrogen) atoms. The zero-order valence-electron chi connectivity index (χ0n) is 10.8. The Morgan fingerprint density at radius 2 is 1.70 bits per heavy atom. The van der Waals surface area contributed by atoms with Gasteiger partial charge in [-0.15, -0.1) is 0 Å². The average Bonchev–Trinajstić information content (AvgIpc) is 2.45. The smallest absolute Gasteiger partial charge is 0.254 e. The molecule has 0 aromatic heterocycles. The van der Waals surface area contributed by atoms with Crippen molar-refractivity contribution < 1.29 is 9.53 Å². The van der Waals surface area contributed by atoms with Crippen LogP contribution in [0, 0.1) is 0 Å². The fourth-order valence-electron chi connectivity index (χ4n) is 1.73. The molecule has 0 aliphatic rings. The van der Waals surface area contributed by atoms with E-state index in [2.05, 4.69) is 5.32 Å². The van der Waals surface area contributed by atoms with E-state index in [1.165, 1.54) is 0 Å². The van der Waals surface area contributed by atoms with Crippen molar-refractivity contribution in [3.05, 3.63) is 63.6 Å². The molecular formula is C15H13Cl2NO2. The monoisotopic (exact) mass is 309 g/mol. The molecule has 0 radical (unpaired) electrons. The van der Waals surface area contributed by atoms with Crippen molar-refractivity contribution in [2.45, 2.75) is 6.54 Å². The summed E-state index contributed by atoms with van der Waals surface area (Å²) in [5.74, 6) is 0.477. The first-order valence-corrected chi connectivity index (χ1v) is 6.72. The lowest BCUT2D eigenvalue weighted by Crippen LogP contribution is -2.23. The van der Waals surface area contributed by atoms with Gasteiger partial charge in [0.2, 0.25) is 0 Å². The zero-order chi connectivity index (χ0) is 14.5. The Kier molecular flexibility index (Phi) is 4.88. The van der Waals surface area contributed by atoms with E-state index in [9.17, 15) is 4.79 Å². The molecule has 0 heterocycles. The van der Waals surface area contributed by atoms with Crippen molar-refractivity contribution in [2.24, 2.45) is 0 Å².